The summed E-state index contributed by atoms with van der Waals surface area (Å²) < 4.78 is 185. The first-order valence-electron chi connectivity index (χ1n) is 48.8. The van der Waals surface area contributed by atoms with E-state index in [0.29, 0.717) is 132 Å². The number of nitrogens with zero attached hydrogens (tertiary/aromatic N) is 6. The van der Waals surface area contributed by atoms with E-state index in [2.05, 4.69) is 127 Å². The van der Waals surface area contributed by atoms with Crippen LogP contribution >= 0.6 is 11.6 Å². The van der Waals surface area contributed by atoms with Crippen LogP contribution < -0.4 is 14.7 Å². The van der Waals surface area contributed by atoms with E-state index in [1.54, 1.807) is 58.2 Å². The maximum Gasteiger partial charge on any atom is 0.416 e. The van der Waals surface area contributed by atoms with Crippen molar-refractivity contribution in [1.82, 2.24) is 9.88 Å². The fourth-order valence-corrected chi connectivity index (χ4v) is 17.4. The molecule has 12 rings (SSSR count). The third-order valence-corrected chi connectivity index (χ3v) is 25.4. The number of alkyl halides is 12. The highest BCUT2D eigenvalue weighted by Gasteiger charge is 2.35. The molecule has 4 atom stereocenters. The summed E-state index contributed by atoms with van der Waals surface area (Å²) in [4.78, 5) is 66.6. The van der Waals surface area contributed by atoms with Gasteiger partial charge < -0.3 is 14.7 Å². The van der Waals surface area contributed by atoms with E-state index >= 15 is 0 Å². The summed E-state index contributed by atoms with van der Waals surface area (Å²) in [6.45, 7) is 44.9. The Labute approximate surface area is 850 Å². The number of halogens is 15. The zero-order valence-corrected chi connectivity index (χ0v) is 86.7. The maximum absolute atomic E-state index is 13.9. The lowest BCUT2D eigenvalue weighted by atomic mass is 9.85. The van der Waals surface area contributed by atoms with Crippen LogP contribution in [0.15, 0.2) is 255 Å². The third-order valence-electron chi connectivity index (χ3n) is 25.2. The lowest BCUT2D eigenvalue weighted by molar-refractivity contribution is -0.138. The Hall–Kier alpha value is -12.6. The molecule has 10 nitrogen and oxygen atoms in total. The minimum Gasteiger partial charge on any atom is -0.345 e. The van der Waals surface area contributed by atoms with Crippen LogP contribution in [0.25, 0.3) is 49.4 Å². The quantitative estimate of drug-likeness (QED) is 0.0281. The molecule has 0 bridgehead atoms. The SMILES string of the molecule is CC(=O)C(CC(C)C)c1cc(-c2ccc(C(F)(F)F)cc2)cc(N(C)c2ccc(C(C)C)cc2)c1.CC(=O)C(CC(C)C)c1cc(-c2ccc(C(F)(F)F)cc2)cc(N(CC(C)C)c2ccc(Cl)cn2)c1.CC(=O)[C@H](CC(C)C)c1cc(CN(CCC(C)C)Cc2ccc(F)c(F)c2)cc(-c2ccc(C(F)(F)F)cc2)c1.[C-]#[N+]c1ccc(N(C)c2cc(-c3ccc(C(F)(F)F)cc3)cc(C(CC(C)C)C(C)=O)c2)cc1. The molecule has 3 unspecified atom stereocenters. The van der Waals surface area contributed by atoms with Crippen molar-refractivity contribution in [3.63, 3.8) is 0 Å². The molecule has 0 fully saturated rings. The van der Waals surface area contributed by atoms with Crippen molar-refractivity contribution in [2.24, 2.45) is 35.5 Å². The molecule has 0 aliphatic carbocycles. The molecule has 145 heavy (non-hydrogen) atoms. The Morgan fingerprint density at radius 1 is 0.338 bits per heavy atom. The minimum atomic E-state index is -4.43. The second-order valence-corrected chi connectivity index (χ2v) is 40.8. The number of anilines is 6. The van der Waals surface area contributed by atoms with Gasteiger partial charge in [0.25, 0.3) is 0 Å². The highest BCUT2D eigenvalue weighted by molar-refractivity contribution is 6.30. The molecule has 1 aromatic heterocycles. The number of hydrogen-bond acceptors (Lipinski definition) is 9. The van der Waals surface area contributed by atoms with E-state index in [1.807, 2.05) is 129 Å². The molecule has 12 aromatic rings. The number of carbonyl (C=O) groups excluding carboxylic acids is 4. The van der Waals surface area contributed by atoms with Crippen molar-refractivity contribution in [2.45, 2.75) is 224 Å². The monoisotopic (exact) mass is 2020 g/mol. The largest absolute Gasteiger partial charge is 0.416 e. The number of hydrogen-bond donors (Lipinski definition) is 0. The van der Waals surface area contributed by atoms with Crippen molar-refractivity contribution in [3.05, 3.63) is 344 Å². The van der Waals surface area contributed by atoms with Gasteiger partial charge in [0.15, 0.2) is 17.3 Å². The average Bonchev–Trinajstić information content (AvgIpc) is 0.800. The van der Waals surface area contributed by atoms with Gasteiger partial charge in [-0.2, -0.15) is 52.7 Å². The Bertz CT molecular complexity index is 6330. The molecule has 0 aliphatic heterocycles. The van der Waals surface area contributed by atoms with Gasteiger partial charge in [-0.3, -0.25) is 24.1 Å². The van der Waals surface area contributed by atoms with E-state index in [-0.39, 0.29) is 52.7 Å². The first-order chi connectivity index (χ1) is 67.9. The van der Waals surface area contributed by atoms with Crippen molar-refractivity contribution in [2.75, 3.05) is 41.9 Å². The van der Waals surface area contributed by atoms with Gasteiger partial charge in [0, 0.05) is 92.0 Å². The first-order valence-corrected chi connectivity index (χ1v) is 49.2. The summed E-state index contributed by atoms with van der Waals surface area (Å²) in [6, 6.07) is 66.8. The molecule has 0 N–H and O–H groups in total. The van der Waals surface area contributed by atoms with Crippen molar-refractivity contribution < 1.29 is 80.6 Å². The average molecular weight is 2020 g/mol. The highest BCUT2D eigenvalue weighted by atomic mass is 35.5. The number of aromatic nitrogens is 1. The van der Waals surface area contributed by atoms with Crippen LogP contribution in [0.5, 0.6) is 0 Å². The second-order valence-electron chi connectivity index (χ2n) is 40.3. The number of pyridine rings is 1. The van der Waals surface area contributed by atoms with Gasteiger partial charge >= 0.3 is 24.7 Å². The summed E-state index contributed by atoms with van der Waals surface area (Å²) in [7, 11) is 3.85. The molecule has 0 saturated heterocycles. The van der Waals surface area contributed by atoms with Crippen molar-refractivity contribution >= 4 is 74.7 Å². The number of rotatable bonds is 36. The van der Waals surface area contributed by atoms with Crippen molar-refractivity contribution in [1.29, 1.82) is 0 Å². The van der Waals surface area contributed by atoms with Gasteiger partial charge in [-0.05, 0) is 331 Å². The van der Waals surface area contributed by atoms with Gasteiger partial charge in [-0.15, -0.1) is 0 Å². The molecule has 0 saturated carbocycles. The van der Waals surface area contributed by atoms with Crippen LogP contribution in [0.4, 0.5) is 101 Å². The molecule has 11 aromatic carbocycles. The summed E-state index contributed by atoms with van der Waals surface area (Å²) in [5.74, 6) is 0.189. The zero-order chi connectivity index (χ0) is 107. The van der Waals surface area contributed by atoms with Gasteiger partial charge in [0.05, 0.1) is 33.8 Å². The zero-order valence-electron chi connectivity index (χ0n) is 85.9. The lowest BCUT2D eigenvalue weighted by Crippen LogP contribution is -2.25. The lowest BCUT2D eigenvalue weighted by Gasteiger charge is -2.28. The number of carbonyl (C=O) groups is 4. The molecule has 1 heterocycles. The van der Waals surface area contributed by atoms with E-state index in [4.69, 9.17) is 18.2 Å². The maximum atomic E-state index is 13.9. The fraction of sp³-hybridized carbons (Fsp3) is 0.367. The van der Waals surface area contributed by atoms with Crippen LogP contribution in [0, 0.1) is 53.7 Å². The van der Waals surface area contributed by atoms with Crippen LogP contribution in [0.1, 0.15) is 248 Å². The van der Waals surface area contributed by atoms with Crippen LogP contribution in [0.2, 0.25) is 5.02 Å². The van der Waals surface area contributed by atoms with E-state index < -0.39 is 58.6 Å². The summed E-state index contributed by atoms with van der Waals surface area (Å²) in [6.07, 6.45) is -12.4. The van der Waals surface area contributed by atoms with Crippen LogP contribution in [0.3, 0.4) is 0 Å². The molecule has 0 aliphatic rings. The highest BCUT2D eigenvalue weighted by Crippen LogP contribution is 2.45. The van der Waals surface area contributed by atoms with Crippen LogP contribution in [-0.2, 0) is 57.0 Å². The van der Waals surface area contributed by atoms with Gasteiger partial charge in [0.1, 0.15) is 29.0 Å². The van der Waals surface area contributed by atoms with Crippen LogP contribution in [-0.4, -0.2) is 60.2 Å². The summed E-state index contributed by atoms with van der Waals surface area (Å²) in [5.41, 5.74) is 13.8. The Balaban J connectivity index is 0.000000216. The topological polar surface area (TPSA) is 98.5 Å². The summed E-state index contributed by atoms with van der Waals surface area (Å²) >= 11 is 6.07. The fourth-order valence-electron chi connectivity index (χ4n) is 17.3. The normalized spacial score (nSPS) is 12.7. The molecular formula is C120H131ClF14N6O4. The van der Waals surface area contributed by atoms with Gasteiger partial charge in [0.2, 0.25) is 0 Å². The molecule has 25 heteroatoms. The van der Waals surface area contributed by atoms with E-state index in [1.165, 1.54) is 60.2 Å². The predicted octanol–water partition coefficient (Wildman–Crippen LogP) is 35.7. The summed E-state index contributed by atoms with van der Waals surface area (Å²) in [5, 5.41) is 0.524. The Morgan fingerprint density at radius 3 is 0.972 bits per heavy atom. The smallest absolute Gasteiger partial charge is 0.345 e. The number of Topliss-reactive ketones (excluding diaryl/α,β-unsaturated/α-hetero) is 4. The molecule has 0 amide bonds. The molecule has 0 radical (unpaired) electrons. The van der Waals surface area contributed by atoms with Crippen molar-refractivity contribution in [3.8, 4) is 44.5 Å². The second kappa shape index (κ2) is 51.5. The Kier molecular flexibility index (Phi) is 41.2. The predicted molar refractivity (Wildman–Crippen MR) is 559 cm³/mol. The number of ketones is 4. The van der Waals surface area contributed by atoms with Gasteiger partial charge in [-0.25, -0.2) is 18.6 Å². The first kappa shape index (κ1) is 116. The van der Waals surface area contributed by atoms with E-state index in [9.17, 15) is 80.6 Å². The minimum absolute atomic E-state index is 0.0303. The standard InChI is InChI=1S/C33H38F5NO.C30H34F3NO.C29H32ClF3N2O.C28H27F3N2O/c1-21(2)12-13-39(19-24-6-11-31(34)32(35)17-24)20-25-15-27(26-7-9-29(10-8-26)33(36,37)38)18-28(16-25)30(23(5)40)14-22(3)4;1-19(2)15-29(21(5)35)25-16-24(23-7-11-26(12-8-23)30(31,32)33)17-28(18-25)34(6)27-13-9-22(10-14-27)20(3)4;1-18(2)12-27(20(5)36)23-13-22(21-6-8-24(9-7-21)29(31,32)33)14-26(15-23)35(17-19(3)4)28-11-10-25(30)16-34-28;1-18(2)14-27(19(3)34)22-15-21(20-6-8-23(9-7-20)28(29,30)31)16-26(17-22)33(5)25-12-10-24(32-4)11-13-25/h6-11,15-18,21-22,30H,12-14,19-20H2,1-5H3;7-14,16-20,29H,15H2,1-6H3;6-11,13-16,18-19,27H,12,17H2,1-5H3;6-13,15-18,27H,14H2,1-3,5H3/t30-;;;/m0.../s1. The molecule has 0 spiro atoms. The molecule has 770 valence electrons. The van der Waals surface area contributed by atoms with Gasteiger partial charge in [-0.1, -0.05) is 218 Å². The number of benzene rings is 11. The van der Waals surface area contributed by atoms with E-state index in [0.717, 1.165) is 140 Å². The Morgan fingerprint density at radius 2 is 0.669 bits per heavy atom. The molecular weight excluding hydrogens is 1890 g/mol. The third kappa shape index (κ3) is 34.3.